The van der Waals surface area contributed by atoms with Crippen LogP contribution in [0.1, 0.15) is 12.8 Å². The molecular weight excluding hydrogens is 320 g/mol. The average molecular weight is 337 g/mol. The lowest BCUT2D eigenvalue weighted by atomic mass is 10.1. The van der Waals surface area contributed by atoms with Crippen molar-refractivity contribution in [3.8, 4) is 0 Å². The maximum absolute atomic E-state index is 10.2. The van der Waals surface area contributed by atoms with Gasteiger partial charge in [0.05, 0.1) is 22.9 Å². The van der Waals surface area contributed by atoms with Crippen LogP contribution in [0, 0.1) is 5.92 Å². The van der Waals surface area contributed by atoms with E-state index in [1.54, 1.807) is 12.4 Å². The van der Waals surface area contributed by atoms with Gasteiger partial charge >= 0.3 is 0 Å². The number of halogens is 1. The van der Waals surface area contributed by atoms with Crippen molar-refractivity contribution in [1.82, 2.24) is 14.5 Å². The summed E-state index contributed by atoms with van der Waals surface area (Å²) in [5.41, 5.74) is 0. The van der Waals surface area contributed by atoms with E-state index in [2.05, 4.69) is 35.8 Å². The zero-order valence-corrected chi connectivity index (χ0v) is 12.6. The van der Waals surface area contributed by atoms with E-state index in [0.717, 1.165) is 29.7 Å². The van der Waals surface area contributed by atoms with E-state index in [4.69, 9.17) is 0 Å². The quantitative estimate of drug-likeness (QED) is 0.899. The number of aliphatic hydroxyl groups is 1. The van der Waals surface area contributed by atoms with Crippen molar-refractivity contribution in [3.63, 3.8) is 0 Å². The highest BCUT2D eigenvalue weighted by Gasteiger charge is 2.33. The van der Waals surface area contributed by atoms with Gasteiger partial charge in [-0.1, -0.05) is 0 Å². The summed E-state index contributed by atoms with van der Waals surface area (Å²) < 4.78 is 2.99. The second-order valence-electron chi connectivity index (χ2n) is 5.25. The van der Waals surface area contributed by atoms with Crippen molar-refractivity contribution in [2.75, 3.05) is 5.32 Å². The molecule has 0 radical (unpaired) electrons. The van der Waals surface area contributed by atoms with Crippen LogP contribution in [0.4, 0.5) is 5.82 Å². The first kappa shape index (κ1) is 13.6. The van der Waals surface area contributed by atoms with Gasteiger partial charge in [0, 0.05) is 25.1 Å². The van der Waals surface area contributed by atoms with Crippen molar-refractivity contribution < 1.29 is 5.11 Å². The molecule has 3 atom stereocenters. The summed E-state index contributed by atoms with van der Waals surface area (Å²) in [4.78, 5) is 8.34. The maximum atomic E-state index is 10.2. The highest BCUT2D eigenvalue weighted by atomic mass is 79.9. The second kappa shape index (κ2) is 5.93. The highest BCUT2D eigenvalue weighted by molar-refractivity contribution is 9.10. The van der Waals surface area contributed by atoms with Crippen LogP contribution >= 0.6 is 15.9 Å². The van der Waals surface area contributed by atoms with Gasteiger partial charge in [-0.3, -0.25) is 0 Å². The minimum absolute atomic E-state index is 0.0507. The number of imidazole rings is 1. The molecule has 6 heteroatoms. The van der Waals surface area contributed by atoms with Crippen molar-refractivity contribution in [2.24, 2.45) is 5.92 Å². The molecule has 1 fully saturated rings. The Morgan fingerprint density at radius 3 is 3.05 bits per heavy atom. The van der Waals surface area contributed by atoms with Crippen LogP contribution in [0.5, 0.6) is 0 Å². The molecule has 1 aliphatic carbocycles. The molecule has 1 saturated carbocycles. The van der Waals surface area contributed by atoms with Gasteiger partial charge in [0.1, 0.15) is 5.82 Å². The Morgan fingerprint density at radius 1 is 1.40 bits per heavy atom. The third-order valence-corrected chi connectivity index (χ3v) is 4.38. The lowest BCUT2D eigenvalue weighted by molar-refractivity contribution is 0.166. The van der Waals surface area contributed by atoms with E-state index in [9.17, 15) is 5.11 Å². The fraction of sp³-hybridized carbons (Fsp3) is 0.429. The molecule has 20 heavy (non-hydrogen) atoms. The largest absolute Gasteiger partial charge is 0.391 e. The standard InChI is InChI=1S/C14H17BrN4O/c15-11-2-1-3-17-14(11)18-12-6-10(7-13(12)20)8-19-5-4-16-9-19/h1-5,9-10,12-13,20H,6-8H2,(H,17,18)/t10?,12-,13-/m1/s1. The number of aromatic nitrogens is 3. The minimum atomic E-state index is -0.336. The number of aliphatic hydroxyl groups excluding tert-OH is 1. The smallest absolute Gasteiger partial charge is 0.140 e. The fourth-order valence-electron chi connectivity index (χ4n) is 2.78. The van der Waals surface area contributed by atoms with Gasteiger partial charge in [-0.05, 0) is 46.8 Å². The fourth-order valence-corrected chi connectivity index (χ4v) is 3.15. The Kier molecular flexibility index (Phi) is 4.03. The van der Waals surface area contributed by atoms with E-state index in [1.165, 1.54) is 0 Å². The summed E-state index contributed by atoms with van der Waals surface area (Å²) in [6, 6.07) is 3.87. The normalized spacial score (nSPS) is 25.8. The highest BCUT2D eigenvalue weighted by Crippen LogP contribution is 2.31. The SMILES string of the molecule is O[C@@H]1CC(Cn2ccnc2)C[C@H]1Nc1ncccc1Br. The predicted octanol–water partition coefficient (Wildman–Crippen LogP) is 2.29. The van der Waals surface area contributed by atoms with Gasteiger partial charge in [0.25, 0.3) is 0 Å². The van der Waals surface area contributed by atoms with Crippen molar-refractivity contribution >= 4 is 21.7 Å². The van der Waals surface area contributed by atoms with Gasteiger partial charge in [-0.2, -0.15) is 0 Å². The predicted molar refractivity (Wildman–Crippen MR) is 80.3 cm³/mol. The molecule has 5 nitrogen and oxygen atoms in total. The molecule has 0 spiro atoms. The van der Waals surface area contributed by atoms with Crippen LogP contribution in [0.25, 0.3) is 0 Å². The van der Waals surface area contributed by atoms with Crippen LogP contribution in [0.2, 0.25) is 0 Å². The van der Waals surface area contributed by atoms with Crippen molar-refractivity contribution in [3.05, 3.63) is 41.5 Å². The number of hydrogen-bond donors (Lipinski definition) is 2. The molecular formula is C14H17BrN4O. The van der Waals surface area contributed by atoms with Crippen LogP contribution in [-0.2, 0) is 6.54 Å². The first-order valence-electron chi connectivity index (χ1n) is 6.73. The van der Waals surface area contributed by atoms with Crippen LogP contribution in [0.3, 0.4) is 0 Å². The number of pyridine rings is 1. The van der Waals surface area contributed by atoms with Crippen LogP contribution in [-0.4, -0.2) is 31.8 Å². The molecule has 0 aromatic carbocycles. The molecule has 2 aromatic heterocycles. The van der Waals surface area contributed by atoms with Gasteiger partial charge in [-0.15, -0.1) is 0 Å². The number of hydrogen-bond acceptors (Lipinski definition) is 4. The Bertz CT molecular complexity index is 560. The average Bonchev–Trinajstić information content (AvgIpc) is 3.04. The summed E-state index contributed by atoms with van der Waals surface area (Å²) in [7, 11) is 0. The molecule has 0 saturated heterocycles. The monoisotopic (exact) mass is 336 g/mol. The summed E-state index contributed by atoms with van der Waals surface area (Å²) in [5.74, 6) is 1.25. The van der Waals surface area contributed by atoms with Gasteiger partial charge < -0.3 is 15.0 Å². The van der Waals surface area contributed by atoms with Gasteiger partial charge in [-0.25, -0.2) is 9.97 Å². The van der Waals surface area contributed by atoms with E-state index in [0.29, 0.717) is 5.92 Å². The third kappa shape index (κ3) is 3.02. The Morgan fingerprint density at radius 2 is 2.30 bits per heavy atom. The van der Waals surface area contributed by atoms with E-state index >= 15 is 0 Å². The van der Waals surface area contributed by atoms with E-state index < -0.39 is 0 Å². The lowest BCUT2D eigenvalue weighted by Crippen LogP contribution is -2.28. The van der Waals surface area contributed by atoms with Crippen molar-refractivity contribution in [2.45, 2.75) is 31.5 Å². The van der Waals surface area contributed by atoms with Crippen molar-refractivity contribution in [1.29, 1.82) is 0 Å². The zero-order valence-electron chi connectivity index (χ0n) is 11.0. The second-order valence-corrected chi connectivity index (χ2v) is 6.10. The number of anilines is 1. The molecule has 3 rings (SSSR count). The topological polar surface area (TPSA) is 63.0 Å². The first-order valence-corrected chi connectivity index (χ1v) is 7.52. The molecule has 2 heterocycles. The Labute approximate surface area is 126 Å². The van der Waals surface area contributed by atoms with Gasteiger partial charge in [0.2, 0.25) is 0 Å². The summed E-state index contributed by atoms with van der Waals surface area (Å²) in [6.07, 6.45) is 8.72. The van der Waals surface area contributed by atoms with Crippen LogP contribution < -0.4 is 5.32 Å². The zero-order chi connectivity index (χ0) is 13.9. The van der Waals surface area contributed by atoms with Gasteiger partial charge in [0.15, 0.2) is 0 Å². The Hall–Kier alpha value is -1.40. The third-order valence-electron chi connectivity index (χ3n) is 3.74. The molecule has 1 unspecified atom stereocenters. The molecule has 2 aromatic rings. The minimum Gasteiger partial charge on any atom is -0.391 e. The number of rotatable bonds is 4. The Balaban J connectivity index is 1.62. The molecule has 1 aliphatic rings. The summed E-state index contributed by atoms with van der Waals surface area (Å²) in [5, 5.41) is 13.5. The number of nitrogens with one attached hydrogen (secondary N) is 1. The van der Waals surface area contributed by atoms with Crippen LogP contribution in [0.15, 0.2) is 41.5 Å². The molecule has 2 N–H and O–H groups in total. The molecule has 0 aliphatic heterocycles. The maximum Gasteiger partial charge on any atom is 0.140 e. The lowest BCUT2D eigenvalue weighted by Gasteiger charge is -2.17. The molecule has 106 valence electrons. The van der Waals surface area contributed by atoms with E-state index in [1.807, 2.05) is 24.7 Å². The first-order chi connectivity index (χ1) is 9.72. The molecule has 0 amide bonds. The molecule has 0 bridgehead atoms. The summed E-state index contributed by atoms with van der Waals surface area (Å²) in [6.45, 7) is 0.901. The number of nitrogens with zero attached hydrogens (tertiary/aromatic N) is 3. The van der Waals surface area contributed by atoms with E-state index in [-0.39, 0.29) is 12.1 Å². The summed E-state index contributed by atoms with van der Waals surface area (Å²) >= 11 is 3.47.